The summed E-state index contributed by atoms with van der Waals surface area (Å²) in [5.41, 5.74) is 0.875. The number of amides is 3. The van der Waals surface area contributed by atoms with Crippen molar-refractivity contribution < 1.29 is 24.2 Å². The lowest BCUT2D eigenvalue weighted by Crippen LogP contribution is -2.39. The highest BCUT2D eigenvalue weighted by atomic mass is 16.5. The van der Waals surface area contributed by atoms with E-state index in [1.807, 2.05) is 0 Å². The molecule has 1 aromatic rings. The Kier molecular flexibility index (Phi) is 4.62. The van der Waals surface area contributed by atoms with Crippen LogP contribution in [0.25, 0.3) is 0 Å². The lowest BCUT2D eigenvalue weighted by molar-refractivity contribution is -0.136. The van der Waals surface area contributed by atoms with Crippen molar-refractivity contribution in [3.63, 3.8) is 0 Å². The van der Waals surface area contributed by atoms with Crippen LogP contribution in [0, 0.1) is 0 Å². The van der Waals surface area contributed by atoms with Crippen LogP contribution in [0.5, 0.6) is 5.75 Å². The fourth-order valence-electron chi connectivity index (χ4n) is 1.86. The molecule has 22 heavy (non-hydrogen) atoms. The zero-order valence-electron chi connectivity index (χ0n) is 12.3. The van der Waals surface area contributed by atoms with Gasteiger partial charge in [0, 0.05) is 19.3 Å². The maximum Gasteiger partial charge on any atom is 0.313 e. The lowest BCUT2D eigenvalue weighted by atomic mass is 10.2. The Morgan fingerprint density at radius 1 is 1.41 bits per heavy atom. The van der Waals surface area contributed by atoms with Crippen LogP contribution in [0.15, 0.2) is 18.2 Å². The van der Waals surface area contributed by atoms with E-state index in [2.05, 4.69) is 10.6 Å². The number of rotatable bonds is 3. The second kappa shape index (κ2) is 6.44. The van der Waals surface area contributed by atoms with Gasteiger partial charge in [-0.05, 0) is 25.1 Å². The number of hydrogen-bond donors (Lipinski definition) is 3. The van der Waals surface area contributed by atoms with Gasteiger partial charge in [-0.25, -0.2) is 0 Å². The van der Waals surface area contributed by atoms with Crippen LogP contribution in [0.4, 0.5) is 11.4 Å². The van der Waals surface area contributed by atoms with Crippen molar-refractivity contribution in [2.75, 3.05) is 30.4 Å². The fraction of sp³-hybridized carbons (Fsp3) is 0.357. The number of carbonyl (C=O) groups excluding carboxylic acids is 3. The molecule has 3 amide bonds. The van der Waals surface area contributed by atoms with Gasteiger partial charge in [0.25, 0.3) is 5.91 Å². The number of benzene rings is 1. The van der Waals surface area contributed by atoms with Crippen LogP contribution in [0.2, 0.25) is 0 Å². The molecule has 0 radical (unpaired) electrons. The molecule has 1 aliphatic rings. The highest BCUT2D eigenvalue weighted by Gasteiger charge is 2.23. The smallest absolute Gasteiger partial charge is 0.313 e. The predicted octanol–water partition coefficient (Wildman–Crippen LogP) is -0.523. The summed E-state index contributed by atoms with van der Waals surface area (Å²) in [6.07, 6.45) is -0.739. The van der Waals surface area contributed by atoms with Gasteiger partial charge in [-0.1, -0.05) is 0 Å². The molecule has 2 rings (SSSR count). The third-order valence-corrected chi connectivity index (χ3v) is 3.07. The average molecular weight is 307 g/mol. The van der Waals surface area contributed by atoms with Crippen LogP contribution in [0.1, 0.15) is 6.92 Å². The number of aliphatic hydroxyl groups excluding tert-OH is 1. The molecule has 0 aromatic heterocycles. The van der Waals surface area contributed by atoms with Gasteiger partial charge in [0.1, 0.15) is 5.75 Å². The van der Waals surface area contributed by atoms with E-state index in [4.69, 9.17) is 9.84 Å². The zero-order valence-corrected chi connectivity index (χ0v) is 12.3. The molecule has 8 nitrogen and oxygen atoms in total. The first-order valence-corrected chi connectivity index (χ1v) is 6.69. The summed E-state index contributed by atoms with van der Waals surface area (Å²) in [7, 11) is 1.60. The summed E-state index contributed by atoms with van der Waals surface area (Å²) in [6.45, 7) is 1.45. The Balaban J connectivity index is 2.06. The highest BCUT2D eigenvalue weighted by molar-refractivity contribution is 6.39. The Labute approximate surface area is 127 Å². The van der Waals surface area contributed by atoms with Gasteiger partial charge >= 0.3 is 11.8 Å². The van der Waals surface area contributed by atoms with Crippen molar-refractivity contribution in [1.82, 2.24) is 5.32 Å². The lowest BCUT2D eigenvalue weighted by Gasteiger charge is -2.26. The Hall–Kier alpha value is -2.61. The van der Waals surface area contributed by atoms with E-state index in [-0.39, 0.29) is 19.1 Å². The van der Waals surface area contributed by atoms with Gasteiger partial charge in [-0.3, -0.25) is 14.4 Å². The molecular weight excluding hydrogens is 290 g/mol. The number of hydrogen-bond acceptors (Lipinski definition) is 5. The van der Waals surface area contributed by atoms with Gasteiger partial charge in [0.05, 0.1) is 11.8 Å². The van der Waals surface area contributed by atoms with Gasteiger partial charge in [0.15, 0.2) is 6.61 Å². The van der Waals surface area contributed by atoms with Crippen LogP contribution in [-0.4, -0.2) is 49.1 Å². The molecule has 1 aromatic carbocycles. The first-order chi connectivity index (χ1) is 10.4. The van der Waals surface area contributed by atoms with Crippen molar-refractivity contribution in [2.24, 2.45) is 0 Å². The molecule has 1 atom stereocenters. The minimum absolute atomic E-state index is 0.0124. The van der Waals surface area contributed by atoms with E-state index in [0.29, 0.717) is 17.1 Å². The fourth-order valence-corrected chi connectivity index (χ4v) is 1.86. The Morgan fingerprint density at radius 2 is 2.14 bits per heavy atom. The molecule has 0 spiro atoms. The molecule has 8 heteroatoms. The quantitative estimate of drug-likeness (QED) is 0.651. The number of likely N-dealkylation sites (N-methyl/N-ethyl adjacent to an activating group) is 1. The van der Waals surface area contributed by atoms with Crippen molar-refractivity contribution in [2.45, 2.75) is 13.0 Å². The second-order valence-corrected chi connectivity index (χ2v) is 4.94. The van der Waals surface area contributed by atoms with E-state index in [1.165, 1.54) is 11.8 Å². The summed E-state index contributed by atoms with van der Waals surface area (Å²) >= 11 is 0. The van der Waals surface area contributed by atoms with E-state index in [1.54, 1.807) is 25.2 Å². The highest BCUT2D eigenvalue weighted by Crippen LogP contribution is 2.33. The maximum absolute atomic E-state index is 11.7. The van der Waals surface area contributed by atoms with E-state index < -0.39 is 17.9 Å². The van der Waals surface area contributed by atoms with Crippen LogP contribution in [-0.2, 0) is 14.4 Å². The van der Waals surface area contributed by atoms with Gasteiger partial charge in [0.2, 0.25) is 0 Å². The van der Waals surface area contributed by atoms with Crippen LogP contribution >= 0.6 is 0 Å². The maximum atomic E-state index is 11.7. The molecule has 0 unspecified atom stereocenters. The molecule has 0 saturated carbocycles. The minimum atomic E-state index is -0.855. The molecule has 0 aliphatic carbocycles. The molecule has 118 valence electrons. The van der Waals surface area contributed by atoms with Crippen molar-refractivity contribution in [1.29, 1.82) is 0 Å². The van der Waals surface area contributed by atoms with Crippen molar-refractivity contribution >= 4 is 29.1 Å². The first kappa shape index (κ1) is 15.8. The van der Waals surface area contributed by atoms with Gasteiger partial charge in [-0.15, -0.1) is 0 Å². The van der Waals surface area contributed by atoms with Gasteiger partial charge in [-0.2, -0.15) is 0 Å². The van der Waals surface area contributed by atoms with Crippen LogP contribution < -0.4 is 20.3 Å². The topological polar surface area (TPSA) is 108 Å². The van der Waals surface area contributed by atoms with Crippen molar-refractivity contribution in [3.05, 3.63) is 18.2 Å². The first-order valence-electron chi connectivity index (χ1n) is 6.69. The average Bonchev–Trinajstić information content (AvgIpc) is 2.49. The number of carbonyl (C=O) groups is 3. The standard InChI is InChI=1S/C14H17N3O5/c1-8(18)6-15-13(20)14(21)16-9-3-4-11-10(5-9)17(2)12(19)7-22-11/h3-5,8,18H,6-7H2,1-2H3,(H,15,20)(H,16,21)/t8-/m1/s1. The molecule has 3 N–H and O–H groups in total. The summed E-state index contributed by atoms with van der Waals surface area (Å²) in [4.78, 5) is 36.2. The predicted molar refractivity (Wildman–Crippen MR) is 78.7 cm³/mol. The number of ether oxygens (including phenoxy) is 1. The van der Waals surface area contributed by atoms with E-state index in [0.717, 1.165) is 0 Å². The third kappa shape index (κ3) is 3.53. The molecule has 1 heterocycles. The Morgan fingerprint density at radius 3 is 2.82 bits per heavy atom. The zero-order chi connectivity index (χ0) is 16.3. The van der Waals surface area contributed by atoms with E-state index in [9.17, 15) is 14.4 Å². The monoisotopic (exact) mass is 307 g/mol. The number of anilines is 2. The minimum Gasteiger partial charge on any atom is -0.482 e. The Bertz CT molecular complexity index is 614. The van der Waals surface area contributed by atoms with E-state index >= 15 is 0 Å². The molecule has 0 bridgehead atoms. The number of aliphatic hydroxyl groups is 1. The molecule has 0 saturated heterocycles. The number of fused-ring (bicyclic) bond motifs is 1. The summed E-state index contributed by atoms with van der Waals surface area (Å²) in [5.74, 6) is -1.38. The van der Waals surface area contributed by atoms with Crippen LogP contribution in [0.3, 0.4) is 0 Å². The SMILES string of the molecule is C[C@@H](O)CNC(=O)C(=O)Nc1ccc2c(c1)N(C)C(=O)CO2. The number of nitrogens with zero attached hydrogens (tertiary/aromatic N) is 1. The van der Waals surface area contributed by atoms with Gasteiger partial charge < -0.3 is 25.4 Å². The second-order valence-electron chi connectivity index (χ2n) is 4.94. The summed E-state index contributed by atoms with van der Waals surface area (Å²) in [6, 6.07) is 4.73. The largest absolute Gasteiger partial charge is 0.482 e. The van der Waals surface area contributed by atoms with Crippen molar-refractivity contribution in [3.8, 4) is 5.75 Å². The number of nitrogens with one attached hydrogen (secondary N) is 2. The summed E-state index contributed by atoms with van der Waals surface area (Å²) in [5, 5.41) is 13.8. The summed E-state index contributed by atoms with van der Waals surface area (Å²) < 4.78 is 5.27. The third-order valence-electron chi connectivity index (χ3n) is 3.07. The normalized spacial score (nSPS) is 14.7. The molecule has 1 aliphatic heterocycles. The molecule has 0 fully saturated rings. The molecular formula is C14H17N3O5.